The molecule has 116 valence electrons. The number of nitrogens with one attached hydrogen (secondary N) is 1. The van der Waals surface area contributed by atoms with Crippen molar-refractivity contribution in [3.05, 3.63) is 82.1 Å². The molecule has 0 saturated carbocycles. The van der Waals surface area contributed by atoms with Gasteiger partial charge in [-0.2, -0.15) is 0 Å². The molecule has 5 heteroatoms. The highest BCUT2D eigenvalue weighted by molar-refractivity contribution is 7.09. The van der Waals surface area contributed by atoms with Crippen LogP contribution in [0.2, 0.25) is 0 Å². The Morgan fingerprint density at radius 1 is 1.09 bits per heavy atom. The Morgan fingerprint density at radius 2 is 1.83 bits per heavy atom. The summed E-state index contributed by atoms with van der Waals surface area (Å²) in [5.41, 5.74) is 2.08. The zero-order chi connectivity index (χ0) is 16.1. The van der Waals surface area contributed by atoms with Gasteiger partial charge in [0.25, 0.3) is 0 Å². The number of hydrogen-bond acceptors (Lipinski definition) is 3. The van der Waals surface area contributed by atoms with Crippen LogP contribution in [0.4, 0.5) is 10.1 Å². The van der Waals surface area contributed by atoms with Crippen LogP contribution in [-0.2, 0) is 17.6 Å². The number of anilines is 1. The molecule has 2 aromatic carbocycles. The van der Waals surface area contributed by atoms with E-state index in [2.05, 4.69) is 10.3 Å². The molecule has 0 unspecified atom stereocenters. The lowest BCUT2D eigenvalue weighted by Crippen LogP contribution is -2.15. The highest BCUT2D eigenvalue weighted by atomic mass is 32.1. The van der Waals surface area contributed by atoms with Crippen molar-refractivity contribution in [2.45, 2.75) is 12.8 Å². The van der Waals surface area contributed by atoms with Crippen molar-refractivity contribution in [2.75, 3.05) is 5.32 Å². The number of aromatic nitrogens is 1. The van der Waals surface area contributed by atoms with Gasteiger partial charge in [0.05, 0.1) is 22.8 Å². The first kappa shape index (κ1) is 15.4. The monoisotopic (exact) mass is 326 g/mol. The lowest BCUT2D eigenvalue weighted by atomic mass is 10.2. The molecule has 0 aliphatic rings. The fourth-order valence-corrected chi connectivity index (χ4v) is 3.03. The largest absolute Gasteiger partial charge is 0.323 e. The number of benzene rings is 2. The van der Waals surface area contributed by atoms with Gasteiger partial charge in [-0.25, -0.2) is 9.37 Å². The number of amides is 1. The molecule has 0 saturated heterocycles. The van der Waals surface area contributed by atoms with Gasteiger partial charge >= 0.3 is 0 Å². The third kappa shape index (κ3) is 4.23. The quantitative estimate of drug-likeness (QED) is 0.768. The summed E-state index contributed by atoms with van der Waals surface area (Å²) in [5, 5.41) is 5.41. The van der Waals surface area contributed by atoms with Crippen molar-refractivity contribution in [2.24, 2.45) is 0 Å². The van der Waals surface area contributed by atoms with Gasteiger partial charge in [-0.3, -0.25) is 4.79 Å². The maximum atomic E-state index is 13.5. The van der Waals surface area contributed by atoms with E-state index >= 15 is 0 Å². The molecule has 0 aliphatic heterocycles. The SMILES string of the molecule is O=C(Cc1csc(Cc2ccccc2)n1)Nc1ccccc1F. The molecule has 3 rings (SSSR count). The predicted octanol–water partition coefficient (Wildman–Crippen LogP) is 4.05. The predicted molar refractivity (Wildman–Crippen MR) is 90.1 cm³/mol. The highest BCUT2D eigenvalue weighted by Gasteiger charge is 2.10. The molecule has 1 heterocycles. The maximum absolute atomic E-state index is 13.5. The number of halogens is 1. The molecule has 0 fully saturated rings. The molecule has 0 radical (unpaired) electrons. The fourth-order valence-electron chi connectivity index (χ4n) is 2.20. The summed E-state index contributed by atoms with van der Waals surface area (Å²) in [4.78, 5) is 16.5. The second kappa shape index (κ2) is 7.15. The van der Waals surface area contributed by atoms with Crippen LogP contribution in [-0.4, -0.2) is 10.9 Å². The lowest BCUT2D eigenvalue weighted by Gasteiger charge is -2.04. The molecule has 3 nitrogen and oxygen atoms in total. The molecule has 1 amide bonds. The summed E-state index contributed by atoms with van der Waals surface area (Å²) in [6.45, 7) is 0. The van der Waals surface area contributed by atoms with Crippen LogP contribution < -0.4 is 5.32 Å². The Labute approximate surface area is 137 Å². The highest BCUT2D eigenvalue weighted by Crippen LogP contribution is 2.16. The molecule has 0 bridgehead atoms. The van der Waals surface area contributed by atoms with Crippen LogP contribution >= 0.6 is 11.3 Å². The van der Waals surface area contributed by atoms with Crippen LogP contribution in [0.15, 0.2) is 60.0 Å². The van der Waals surface area contributed by atoms with Gasteiger partial charge in [0.15, 0.2) is 0 Å². The summed E-state index contributed by atoms with van der Waals surface area (Å²) in [5.74, 6) is -0.712. The third-order valence-electron chi connectivity index (χ3n) is 3.29. The van der Waals surface area contributed by atoms with Gasteiger partial charge in [-0.05, 0) is 17.7 Å². The van der Waals surface area contributed by atoms with E-state index in [-0.39, 0.29) is 18.0 Å². The van der Waals surface area contributed by atoms with E-state index in [1.165, 1.54) is 29.0 Å². The summed E-state index contributed by atoms with van der Waals surface area (Å²) < 4.78 is 13.5. The molecule has 1 aromatic heterocycles. The average molecular weight is 326 g/mol. The van der Waals surface area contributed by atoms with Crippen molar-refractivity contribution >= 4 is 22.9 Å². The molecule has 0 aliphatic carbocycles. The van der Waals surface area contributed by atoms with Gasteiger partial charge < -0.3 is 5.32 Å². The zero-order valence-corrected chi connectivity index (χ0v) is 13.1. The summed E-state index contributed by atoms with van der Waals surface area (Å²) in [7, 11) is 0. The van der Waals surface area contributed by atoms with Crippen LogP contribution in [0.3, 0.4) is 0 Å². The normalized spacial score (nSPS) is 10.5. The van der Waals surface area contributed by atoms with Crippen LogP contribution in [0.25, 0.3) is 0 Å². The smallest absolute Gasteiger partial charge is 0.230 e. The van der Waals surface area contributed by atoms with E-state index in [0.717, 1.165) is 11.4 Å². The van der Waals surface area contributed by atoms with E-state index in [9.17, 15) is 9.18 Å². The second-order valence-electron chi connectivity index (χ2n) is 5.10. The Hall–Kier alpha value is -2.53. The van der Waals surface area contributed by atoms with Crippen molar-refractivity contribution in [1.29, 1.82) is 0 Å². The standard InChI is InChI=1S/C18H15FN2OS/c19-15-8-4-5-9-16(15)21-17(22)11-14-12-23-18(20-14)10-13-6-2-1-3-7-13/h1-9,12H,10-11H2,(H,21,22). The van der Waals surface area contributed by atoms with Gasteiger partial charge in [-0.15, -0.1) is 11.3 Å². The summed E-state index contributed by atoms with van der Waals surface area (Å²) >= 11 is 1.53. The average Bonchev–Trinajstić information content (AvgIpc) is 2.97. The molecule has 23 heavy (non-hydrogen) atoms. The van der Waals surface area contributed by atoms with Crippen LogP contribution in [0.5, 0.6) is 0 Å². The van der Waals surface area contributed by atoms with Crippen molar-refractivity contribution < 1.29 is 9.18 Å². The van der Waals surface area contributed by atoms with Crippen molar-refractivity contribution in [3.8, 4) is 0 Å². The number of hydrogen-bond donors (Lipinski definition) is 1. The third-order valence-corrected chi connectivity index (χ3v) is 4.18. The minimum absolute atomic E-state index is 0.139. The number of nitrogens with zero attached hydrogens (tertiary/aromatic N) is 1. The van der Waals surface area contributed by atoms with Gasteiger partial charge in [-0.1, -0.05) is 42.5 Å². The van der Waals surface area contributed by atoms with E-state index in [0.29, 0.717) is 5.69 Å². The maximum Gasteiger partial charge on any atom is 0.230 e. The Balaban J connectivity index is 1.60. The molecular weight excluding hydrogens is 311 g/mol. The van der Waals surface area contributed by atoms with Crippen molar-refractivity contribution in [1.82, 2.24) is 4.98 Å². The fraction of sp³-hybridized carbons (Fsp3) is 0.111. The number of thiazole rings is 1. The summed E-state index contributed by atoms with van der Waals surface area (Å²) in [6.07, 6.45) is 0.889. The van der Waals surface area contributed by atoms with E-state index < -0.39 is 5.82 Å². The zero-order valence-electron chi connectivity index (χ0n) is 12.3. The first-order valence-corrected chi connectivity index (χ1v) is 8.10. The van der Waals surface area contributed by atoms with Gasteiger partial charge in [0.1, 0.15) is 5.82 Å². The van der Waals surface area contributed by atoms with Gasteiger partial charge in [0, 0.05) is 11.8 Å². The topological polar surface area (TPSA) is 42.0 Å². The Bertz CT molecular complexity index is 802. The van der Waals surface area contributed by atoms with Crippen LogP contribution in [0.1, 0.15) is 16.3 Å². The van der Waals surface area contributed by atoms with E-state index in [4.69, 9.17) is 0 Å². The number of carbonyl (C=O) groups is 1. The molecule has 3 aromatic rings. The summed E-state index contributed by atoms with van der Waals surface area (Å²) in [6, 6.07) is 16.2. The lowest BCUT2D eigenvalue weighted by molar-refractivity contribution is -0.115. The Kier molecular flexibility index (Phi) is 4.78. The number of para-hydroxylation sites is 1. The molecule has 0 atom stereocenters. The minimum atomic E-state index is -0.441. The first-order chi connectivity index (χ1) is 11.2. The minimum Gasteiger partial charge on any atom is -0.323 e. The van der Waals surface area contributed by atoms with E-state index in [1.807, 2.05) is 35.7 Å². The molecule has 1 N–H and O–H groups in total. The second-order valence-corrected chi connectivity index (χ2v) is 6.04. The molecular formula is C18H15FN2OS. The number of rotatable bonds is 5. The van der Waals surface area contributed by atoms with E-state index in [1.54, 1.807) is 12.1 Å². The van der Waals surface area contributed by atoms with Gasteiger partial charge in [0.2, 0.25) is 5.91 Å². The van der Waals surface area contributed by atoms with Crippen molar-refractivity contribution in [3.63, 3.8) is 0 Å². The molecule has 0 spiro atoms. The Morgan fingerprint density at radius 3 is 2.61 bits per heavy atom. The number of carbonyl (C=O) groups excluding carboxylic acids is 1. The first-order valence-electron chi connectivity index (χ1n) is 7.22. The van der Waals surface area contributed by atoms with Crippen LogP contribution in [0, 0.1) is 5.82 Å².